The maximum atomic E-state index is 11.7. The number of amides is 1. The smallest absolute Gasteiger partial charge is 0.229 e. The third-order valence-corrected chi connectivity index (χ3v) is 3.07. The molecule has 2 aromatic rings. The molecule has 0 spiro atoms. The number of aromatic nitrogens is 3. The zero-order valence-electron chi connectivity index (χ0n) is 11.5. The zero-order chi connectivity index (χ0) is 14.4. The topological polar surface area (TPSA) is 85.8 Å². The predicted molar refractivity (Wildman–Crippen MR) is 77.0 cm³/mol. The minimum Gasteiger partial charge on any atom is -0.330 e. The van der Waals surface area contributed by atoms with Gasteiger partial charge in [-0.05, 0) is 24.1 Å². The van der Waals surface area contributed by atoms with E-state index in [1.165, 1.54) is 5.56 Å². The van der Waals surface area contributed by atoms with E-state index in [9.17, 15) is 4.79 Å². The first kappa shape index (κ1) is 14.2. The molecule has 0 aliphatic rings. The molecular weight excluding hydrogens is 254 g/mol. The molecule has 2 heterocycles. The number of nitrogens with two attached hydrogens (primary N) is 1. The number of rotatable bonds is 6. The molecule has 0 fully saturated rings. The molecule has 0 bridgehead atoms. The fraction of sp³-hybridized carbons (Fsp3) is 0.357. The highest BCUT2D eigenvalue weighted by molar-refractivity contribution is 5.91. The Balaban J connectivity index is 1.88. The van der Waals surface area contributed by atoms with Gasteiger partial charge in [-0.25, -0.2) is 0 Å². The molecular formula is C14H19N5O. The molecule has 1 unspecified atom stereocenters. The lowest BCUT2D eigenvalue weighted by Gasteiger charge is -2.07. The van der Waals surface area contributed by atoms with Gasteiger partial charge in [-0.2, -0.15) is 5.10 Å². The van der Waals surface area contributed by atoms with Crippen LogP contribution in [0.4, 0.5) is 5.82 Å². The minimum absolute atomic E-state index is 0.105. The van der Waals surface area contributed by atoms with Gasteiger partial charge in [0.15, 0.2) is 5.82 Å². The lowest BCUT2D eigenvalue weighted by molar-refractivity contribution is -0.119. The van der Waals surface area contributed by atoms with Gasteiger partial charge in [-0.15, -0.1) is 0 Å². The first-order valence-electron chi connectivity index (χ1n) is 6.62. The van der Waals surface area contributed by atoms with Crippen molar-refractivity contribution in [2.24, 2.45) is 11.7 Å². The van der Waals surface area contributed by atoms with Crippen LogP contribution in [0.25, 0.3) is 0 Å². The normalized spacial score (nSPS) is 12.1. The van der Waals surface area contributed by atoms with Crippen molar-refractivity contribution in [1.82, 2.24) is 14.8 Å². The Morgan fingerprint density at radius 1 is 1.40 bits per heavy atom. The molecule has 3 N–H and O–H groups in total. The van der Waals surface area contributed by atoms with Crippen LogP contribution in [0.1, 0.15) is 12.5 Å². The van der Waals surface area contributed by atoms with Crippen molar-refractivity contribution in [3.8, 4) is 0 Å². The van der Waals surface area contributed by atoms with Crippen LogP contribution in [0.15, 0.2) is 36.8 Å². The number of nitrogens with one attached hydrogen (secondary N) is 1. The van der Waals surface area contributed by atoms with Crippen molar-refractivity contribution in [3.63, 3.8) is 0 Å². The van der Waals surface area contributed by atoms with Gasteiger partial charge in [0.2, 0.25) is 5.91 Å². The third kappa shape index (κ3) is 3.89. The second kappa shape index (κ2) is 6.81. The van der Waals surface area contributed by atoms with Gasteiger partial charge < -0.3 is 11.1 Å². The number of nitrogens with zero attached hydrogens (tertiary/aromatic N) is 3. The van der Waals surface area contributed by atoms with Crippen LogP contribution < -0.4 is 11.1 Å². The van der Waals surface area contributed by atoms with Crippen LogP contribution in [0.5, 0.6) is 0 Å². The number of anilines is 1. The highest BCUT2D eigenvalue weighted by Crippen LogP contribution is 2.06. The molecule has 0 aliphatic heterocycles. The molecule has 0 saturated heterocycles. The van der Waals surface area contributed by atoms with Crippen molar-refractivity contribution in [2.45, 2.75) is 19.9 Å². The van der Waals surface area contributed by atoms with E-state index in [0.717, 1.165) is 13.0 Å². The molecule has 6 heteroatoms. The van der Waals surface area contributed by atoms with Crippen LogP contribution in [-0.4, -0.2) is 27.2 Å². The fourth-order valence-electron chi connectivity index (χ4n) is 1.70. The molecule has 0 aromatic carbocycles. The summed E-state index contributed by atoms with van der Waals surface area (Å²) in [5.41, 5.74) is 6.66. The SMILES string of the molecule is CC(CN)C(=O)Nc1ccn(CCc2ccncc2)n1. The lowest BCUT2D eigenvalue weighted by Crippen LogP contribution is -2.26. The number of hydrogen-bond acceptors (Lipinski definition) is 4. The molecule has 0 saturated carbocycles. The van der Waals surface area contributed by atoms with Crippen molar-refractivity contribution >= 4 is 11.7 Å². The maximum Gasteiger partial charge on any atom is 0.229 e. The van der Waals surface area contributed by atoms with E-state index < -0.39 is 0 Å². The molecule has 1 amide bonds. The van der Waals surface area contributed by atoms with Gasteiger partial charge >= 0.3 is 0 Å². The van der Waals surface area contributed by atoms with Crippen LogP contribution in [0.2, 0.25) is 0 Å². The van der Waals surface area contributed by atoms with Crippen LogP contribution >= 0.6 is 0 Å². The summed E-state index contributed by atoms with van der Waals surface area (Å²) in [4.78, 5) is 15.7. The quantitative estimate of drug-likeness (QED) is 0.824. The minimum atomic E-state index is -0.211. The van der Waals surface area contributed by atoms with E-state index in [2.05, 4.69) is 15.4 Å². The average Bonchev–Trinajstić information content (AvgIpc) is 2.92. The summed E-state index contributed by atoms with van der Waals surface area (Å²) >= 11 is 0. The van der Waals surface area contributed by atoms with E-state index in [1.807, 2.05) is 23.0 Å². The van der Waals surface area contributed by atoms with Gasteiger partial charge in [0.05, 0.1) is 0 Å². The average molecular weight is 273 g/mol. The van der Waals surface area contributed by atoms with E-state index in [0.29, 0.717) is 12.4 Å². The number of pyridine rings is 1. The van der Waals surface area contributed by atoms with Crippen molar-refractivity contribution < 1.29 is 4.79 Å². The number of aryl methyl sites for hydroxylation is 2. The number of hydrogen-bond donors (Lipinski definition) is 2. The first-order valence-corrected chi connectivity index (χ1v) is 6.62. The molecule has 1 atom stereocenters. The maximum absolute atomic E-state index is 11.7. The second-order valence-corrected chi connectivity index (χ2v) is 4.70. The van der Waals surface area contributed by atoms with Crippen LogP contribution in [0.3, 0.4) is 0 Å². The molecule has 2 rings (SSSR count). The predicted octanol–water partition coefficient (Wildman–Crippen LogP) is 1.05. The van der Waals surface area contributed by atoms with Crippen LogP contribution in [-0.2, 0) is 17.8 Å². The van der Waals surface area contributed by atoms with Crippen molar-refractivity contribution in [3.05, 3.63) is 42.4 Å². The van der Waals surface area contributed by atoms with Gasteiger partial charge in [0.1, 0.15) is 0 Å². The van der Waals surface area contributed by atoms with Gasteiger partial charge in [0.25, 0.3) is 0 Å². The summed E-state index contributed by atoms with van der Waals surface area (Å²) in [7, 11) is 0. The van der Waals surface area contributed by atoms with E-state index in [1.54, 1.807) is 25.4 Å². The molecule has 0 aliphatic carbocycles. The molecule has 6 nitrogen and oxygen atoms in total. The summed E-state index contributed by atoms with van der Waals surface area (Å²) in [6.07, 6.45) is 6.28. The Morgan fingerprint density at radius 3 is 2.85 bits per heavy atom. The number of carbonyl (C=O) groups excluding carboxylic acids is 1. The van der Waals surface area contributed by atoms with E-state index >= 15 is 0 Å². The van der Waals surface area contributed by atoms with Gasteiger partial charge in [-0.1, -0.05) is 6.92 Å². The summed E-state index contributed by atoms with van der Waals surface area (Å²) in [6.45, 7) is 2.87. The Hall–Kier alpha value is -2.21. The molecule has 20 heavy (non-hydrogen) atoms. The molecule has 2 aromatic heterocycles. The Morgan fingerprint density at radius 2 is 2.15 bits per heavy atom. The summed E-state index contributed by atoms with van der Waals surface area (Å²) in [5.74, 6) is 0.244. The molecule has 106 valence electrons. The lowest BCUT2D eigenvalue weighted by atomic mass is 10.2. The van der Waals surface area contributed by atoms with E-state index in [4.69, 9.17) is 5.73 Å². The highest BCUT2D eigenvalue weighted by atomic mass is 16.1. The van der Waals surface area contributed by atoms with Gasteiger partial charge in [0, 0.05) is 43.7 Å². The second-order valence-electron chi connectivity index (χ2n) is 4.70. The molecule has 0 radical (unpaired) electrons. The Bertz CT molecular complexity index is 552. The highest BCUT2D eigenvalue weighted by Gasteiger charge is 2.11. The zero-order valence-corrected chi connectivity index (χ0v) is 11.5. The van der Waals surface area contributed by atoms with Crippen molar-refractivity contribution in [2.75, 3.05) is 11.9 Å². The standard InChI is InChI=1S/C14H19N5O/c1-11(10-15)14(20)17-13-5-9-19(18-13)8-4-12-2-6-16-7-3-12/h2-3,5-7,9,11H,4,8,10,15H2,1H3,(H,17,18,20). The van der Waals surface area contributed by atoms with Gasteiger partial charge in [-0.3, -0.25) is 14.5 Å². The Kier molecular flexibility index (Phi) is 4.84. The largest absolute Gasteiger partial charge is 0.330 e. The summed E-state index contributed by atoms with van der Waals surface area (Å²) < 4.78 is 1.81. The summed E-state index contributed by atoms with van der Waals surface area (Å²) in [5, 5.41) is 7.06. The van der Waals surface area contributed by atoms with E-state index in [-0.39, 0.29) is 11.8 Å². The summed E-state index contributed by atoms with van der Waals surface area (Å²) in [6, 6.07) is 5.75. The number of carbonyl (C=O) groups is 1. The first-order chi connectivity index (χ1) is 9.69. The van der Waals surface area contributed by atoms with Crippen molar-refractivity contribution in [1.29, 1.82) is 0 Å². The fourth-order valence-corrected chi connectivity index (χ4v) is 1.70. The van der Waals surface area contributed by atoms with Crippen LogP contribution in [0, 0.1) is 5.92 Å². The Labute approximate surface area is 118 Å². The monoisotopic (exact) mass is 273 g/mol. The third-order valence-electron chi connectivity index (χ3n) is 3.07.